The molecule has 0 saturated carbocycles. The third-order valence-corrected chi connectivity index (χ3v) is 10.1. The van der Waals surface area contributed by atoms with E-state index in [9.17, 15) is 5.26 Å². The van der Waals surface area contributed by atoms with Crippen LogP contribution in [0, 0.1) is 18.3 Å². The SMILES string of the molecule is C=C(/C=C(/c1ccc(-c2ccccc2)cc1)c1cc(-c2ccc(-c3ccc(C#N)cc3)cc2)c2ccccc2c1C)c1ccc(-c2ccccc2)cc1. The first-order valence-corrected chi connectivity index (χ1v) is 17.9. The van der Waals surface area contributed by atoms with Crippen molar-refractivity contribution in [3.63, 3.8) is 0 Å². The van der Waals surface area contributed by atoms with E-state index in [0.29, 0.717) is 5.56 Å². The van der Waals surface area contributed by atoms with Crippen LogP contribution in [0.25, 0.3) is 66.4 Å². The number of hydrogen-bond acceptors (Lipinski definition) is 1. The van der Waals surface area contributed by atoms with Crippen LogP contribution in [0.5, 0.6) is 0 Å². The molecule has 0 heterocycles. The number of hydrogen-bond donors (Lipinski definition) is 0. The third kappa shape index (κ3) is 6.87. The Morgan fingerprint density at radius 2 is 0.887 bits per heavy atom. The van der Waals surface area contributed by atoms with Gasteiger partial charge in [-0.25, -0.2) is 0 Å². The van der Waals surface area contributed by atoms with Crippen molar-refractivity contribution in [2.24, 2.45) is 0 Å². The van der Waals surface area contributed by atoms with Crippen molar-refractivity contribution in [2.75, 3.05) is 0 Å². The fourth-order valence-corrected chi connectivity index (χ4v) is 7.17. The van der Waals surface area contributed by atoms with Crippen molar-refractivity contribution in [3.8, 4) is 50.6 Å². The molecule has 0 fully saturated rings. The normalized spacial score (nSPS) is 11.3. The van der Waals surface area contributed by atoms with Gasteiger partial charge in [0.15, 0.2) is 0 Å². The third-order valence-electron chi connectivity index (χ3n) is 10.1. The van der Waals surface area contributed by atoms with Gasteiger partial charge in [0.05, 0.1) is 11.6 Å². The first kappa shape index (κ1) is 33.2. The summed E-state index contributed by atoms with van der Waals surface area (Å²) in [5.41, 5.74) is 16.6. The zero-order valence-electron chi connectivity index (χ0n) is 29.6. The summed E-state index contributed by atoms with van der Waals surface area (Å²) in [6.07, 6.45) is 2.25. The highest BCUT2D eigenvalue weighted by molar-refractivity contribution is 6.04. The van der Waals surface area contributed by atoms with E-state index in [-0.39, 0.29) is 0 Å². The van der Waals surface area contributed by atoms with E-state index in [0.717, 1.165) is 39.0 Å². The second kappa shape index (κ2) is 14.7. The van der Waals surface area contributed by atoms with Gasteiger partial charge in [-0.05, 0) is 120 Å². The smallest absolute Gasteiger partial charge is 0.0991 e. The number of benzene rings is 8. The number of nitrogens with zero attached hydrogens (tertiary/aromatic N) is 1. The molecule has 0 atom stereocenters. The molecule has 0 aliphatic heterocycles. The molecule has 250 valence electrons. The summed E-state index contributed by atoms with van der Waals surface area (Å²) in [6, 6.07) is 68.4. The second-order valence-electron chi connectivity index (χ2n) is 13.4. The minimum absolute atomic E-state index is 0.662. The Hall–Kier alpha value is -7.01. The number of rotatable bonds is 8. The first-order chi connectivity index (χ1) is 26.1. The Labute approximate surface area is 312 Å². The Morgan fingerprint density at radius 3 is 1.42 bits per heavy atom. The summed E-state index contributed by atoms with van der Waals surface area (Å²) in [7, 11) is 0. The van der Waals surface area contributed by atoms with Crippen LogP contribution >= 0.6 is 0 Å². The molecule has 0 N–H and O–H groups in total. The van der Waals surface area contributed by atoms with Crippen LogP contribution in [0.15, 0.2) is 201 Å². The predicted molar refractivity (Wildman–Crippen MR) is 224 cm³/mol. The molecule has 0 aliphatic rings. The average Bonchev–Trinajstić information content (AvgIpc) is 3.24. The molecule has 0 aliphatic carbocycles. The van der Waals surface area contributed by atoms with Gasteiger partial charge in [-0.1, -0.05) is 176 Å². The predicted octanol–water partition coefficient (Wildman–Crippen LogP) is 13.8. The molecule has 0 unspecified atom stereocenters. The van der Waals surface area contributed by atoms with Gasteiger partial charge in [-0.15, -0.1) is 0 Å². The van der Waals surface area contributed by atoms with Gasteiger partial charge >= 0.3 is 0 Å². The average molecular weight is 676 g/mol. The number of aryl methyl sites for hydroxylation is 1. The van der Waals surface area contributed by atoms with Crippen LogP contribution < -0.4 is 0 Å². The zero-order chi connectivity index (χ0) is 36.1. The lowest BCUT2D eigenvalue weighted by Crippen LogP contribution is -1.97. The molecule has 8 rings (SSSR count). The van der Waals surface area contributed by atoms with Gasteiger partial charge in [0.25, 0.3) is 0 Å². The molecule has 0 amide bonds. The van der Waals surface area contributed by atoms with E-state index in [1.807, 2.05) is 30.3 Å². The van der Waals surface area contributed by atoms with Crippen LogP contribution in [0.4, 0.5) is 0 Å². The van der Waals surface area contributed by atoms with E-state index in [1.165, 1.54) is 49.7 Å². The van der Waals surface area contributed by atoms with Gasteiger partial charge in [0.2, 0.25) is 0 Å². The Kier molecular flexibility index (Phi) is 9.19. The minimum Gasteiger partial charge on any atom is -0.192 e. The number of allylic oxidation sites excluding steroid dienone is 2. The topological polar surface area (TPSA) is 23.8 Å². The molecule has 53 heavy (non-hydrogen) atoms. The van der Waals surface area contributed by atoms with Crippen molar-refractivity contribution in [2.45, 2.75) is 6.92 Å². The van der Waals surface area contributed by atoms with Crippen LogP contribution in [0.1, 0.15) is 27.8 Å². The van der Waals surface area contributed by atoms with E-state index >= 15 is 0 Å². The van der Waals surface area contributed by atoms with Crippen molar-refractivity contribution in [1.82, 2.24) is 0 Å². The summed E-state index contributed by atoms with van der Waals surface area (Å²) in [4.78, 5) is 0. The Bertz CT molecular complexity index is 2620. The van der Waals surface area contributed by atoms with Crippen molar-refractivity contribution in [1.29, 1.82) is 5.26 Å². The van der Waals surface area contributed by atoms with E-state index in [4.69, 9.17) is 0 Å². The van der Waals surface area contributed by atoms with Gasteiger partial charge in [0, 0.05) is 0 Å². The summed E-state index contributed by atoms with van der Waals surface area (Å²) >= 11 is 0. The van der Waals surface area contributed by atoms with Crippen molar-refractivity contribution < 1.29 is 0 Å². The highest BCUT2D eigenvalue weighted by atomic mass is 14.2. The Balaban J connectivity index is 1.25. The van der Waals surface area contributed by atoms with E-state index in [1.54, 1.807) is 0 Å². The largest absolute Gasteiger partial charge is 0.192 e. The summed E-state index contributed by atoms with van der Waals surface area (Å²) in [5, 5.41) is 11.7. The quantitative estimate of drug-likeness (QED) is 0.147. The maximum atomic E-state index is 9.26. The number of fused-ring (bicyclic) bond motifs is 1. The summed E-state index contributed by atoms with van der Waals surface area (Å²) in [6.45, 7) is 6.85. The second-order valence-corrected chi connectivity index (χ2v) is 13.4. The van der Waals surface area contributed by atoms with Gasteiger partial charge in [0.1, 0.15) is 0 Å². The number of nitriles is 1. The molecule has 8 aromatic rings. The molecule has 0 bridgehead atoms. The first-order valence-electron chi connectivity index (χ1n) is 17.9. The van der Waals surface area contributed by atoms with Gasteiger partial charge in [-0.3, -0.25) is 0 Å². The fraction of sp³-hybridized carbons (Fsp3) is 0.0192. The molecular formula is C52H37N. The molecule has 0 aromatic heterocycles. The molecule has 0 radical (unpaired) electrons. The van der Waals surface area contributed by atoms with Crippen LogP contribution in [-0.4, -0.2) is 0 Å². The fourth-order valence-electron chi connectivity index (χ4n) is 7.17. The zero-order valence-corrected chi connectivity index (χ0v) is 29.6. The van der Waals surface area contributed by atoms with E-state index < -0.39 is 0 Å². The molecule has 8 aromatic carbocycles. The molecule has 0 spiro atoms. The maximum Gasteiger partial charge on any atom is 0.0991 e. The lowest BCUT2D eigenvalue weighted by molar-refractivity contribution is 1.45. The highest BCUT2D eigenvalue weighted by Crippen LogP contribution is 2.40. The van der Waals surface area contributed by atoms with Crippen LogP contribution in [0.2, 0.25) is 0 Å². The lowest BCUT2D eigenvalue weighted by Gasteiger charge is -2.19. The lowest BCUT2D eigenvalue weighted by atomic mass is 9.85. The standard InChI is InChI=1S/C52H37N/c1-36(39-21-23-43(24-22-39)40-11-5-3-6-12-40)33-51(46-29-25-44(26-30-46)41-13-7-4-8-14-41)50-34-52(49-16-10-9-15-48(49)37(50)2)47-31-27-45(28-32-47)42-19-17-38(35-53)18-20-42/h3-34H,1H2,2H3/b51-33-. The van der Waals surface area contributed by atoms with Crippen LogP contribution in [-0.2, 0) is 0 Å². The van der Waals surface area contributed by atoms with Gasteiger partial charge in [-0.2, -0.15) is 5.26 Å². The maximum absolute atomic E-state index is 9.26. The molecule has 0 saturated heterocycles. The van der Waals surface area contributed by atoms with Crippen LogP contribution in [0.3, 0.4) is 0 Å². The molecular weight excluding hydrogens is 639 g/mol. The summed E-state index contributed by atoms with van der Waals surface area (Å²) < 4.78 is 0. The van der Waals surface area contributed by atoms with Crippen molar-refractivity contribution in [3.05, 3.63) is 229 Å². The monoisotopic (exact) mass is 675 g/mol. The molecule has 1 heteroatoms. The van der Waals surface area contributed by atoms with E-state index in [2.05, 4.69) is 183 Å². The summed E-state index contributed by atoms with van der Waals surface area (Å²) in [5.74, 6) is 0. The van der Waals surface area contributed by atoms with Gasteiger partial charge < -0.3 is 0 Å². The Morgan fingerprint density at radius 1 is 0.472 bits per heavy atom. The highest BCUT2D eigenvalue weighted by Gasteiger charge is 2.17. The molecule has 1 nitrogen and oxygen atoms in total. The van der Waals surface area contributed by atoms with Crippen molar-refractivity contribution >= 4 is 21.9 Å². The minimum atomic E-state index is 0.662.